The Morgan fingerprint density at radius 1 is 1.11 bits per heavy atom. The van der Waals surface area contributed by atoms with Crippen molar-refractivity contribution in [1.82, 2.24) is 10.2 Å². The second-order valence-electron chi connectivity index (χ2n) is 7.06. The predicted octanol–water partition coefficient (Wildman–Crippen LogP) is 2.90. The third kappa shape index (κ3) is 4.03. The number of piperazine rings is 1. The fourth-order valence-electron chi connectivity index (χ4n) is 3.61. The second kappa shape index (κ2) is 8.29. The molecule has 28 heavy (non-hydrogen) atoms. The minimum absolute atomic E-state index is 0.0314. The van der Waals surface area contributed by atoms with Gasteiger partial charge in [0.15, 0.2) is 11.5 Å². The summed E-state index contributed by atoms with van der Waals surface area (Å²) in [5, 5.41) is 3.80. The number of carbonyl (C=O) groups is 1. The van der Waals surface area contributed by atoms with Gasteiger partial charge in [0.2, 0.25) is 12.7 Å². The van der Waals surface area contributed by atoms with Crippen molar-refractivity contribution in [2.75, 3.05) is 37.9 Å². The molecule has 0 radical (unpaired) electrons. The molecule has 1 fully saturated rings. The summed E-state index contributed by atoms with van der Waals surface area (Å²) >= 11 is 6.31. The number of halogens is 1. The summed E-state index contributed by atoms with van der Waals surface area (Å²) in [6.07, 6.45) is 0. The molecular weight excluding hydrogens is 378 g/mol. The maximum Gasteiger partial charge on any atom is 0.237 e. The van der Waals surface area contributed by atoms with Gasteiger partial charge >= 0.3 is 0 Å². The molecule has 1 N–H and O–H groups in total. The quantitative estimate of drug-likeness (QED) is 0.834. The normalized spacial score (nSPS) is 17.4. The zero-order valence-corrected chi connectivity index (χ0v) is 16.6. The van der Waals surface area contributed by atoms with Gasteiger partial charge in [0.1, 0.15) is 0 Å². The molecule has 1 saturated heterocycles. The molecular formula is C21H24ClN3O3. The van der Waals surface area contributed by atoms with Crippen LogP contribution in [0, 0.1) is 0 Å². The number of ether oxygens (including phenoxy) is 2. The first kappa shape index (κ1) is 18.9. The van der Waals surface area contributed by atoms with Crippen LogP contribution in [-0.2, 0) is 11.3 Å². The van der Waals surface area contributed by atoms with Crippen molar-refractivity contribution in [3.8, 4) is 11.5 Å². The summed E-state index contributed by atoms with van der Waals surface area (Å²) in [6, 6.07) is 13.4. The summed E-state index contributed by atoms with van der Waals surface area (Å²) < 4.78 is 10.7. The van der Waals surface area contributed by atoms with Gasteiger partial charge in [-0.1, -0.05) is 29.8 Å². The van der Waals surface area contributed by atoms with Crippen molar-refractivity contribution in [3.05, 3.63) is 53.1 Å². The molecule has 148 valence electrons. The molecule has 2 aromatic carbocycles. The first-order valence-electron chi connectivity index (χ1n) is 9.51. The summed E-state index contributed by atoms with van der Waals surface area (Å²) in [5.74, 6) is 1.51. The largest absolute Gasteiger partial charge is 0.454 e. The third-order valence-electron chi connectivity index (χ3n) is 5.34. The fourth-order valence-corrected chi connectivity index (χ4v) is 3.87. The lowest BCUT2D eigenvalue weighted by atomic mass is 10.1. The minimum Gasteiger partial charge on any atom is -0.454 e. The number of hydrogen-bond donors (Lipinski definition) is 1. The Bertz CT molecular complexity index is 853. The van der Waals surface area contributed by atoms with Gasteiger partial charge in [-0.2, -0.15) is 0 Å². The number of para-hydroxylation sites is 1. The van der Waals surface area contributed by atoms with Crippen LogP contribution in [0.2, 0.25) is 5.02 Å². The monoisotopic (exact) mass is 401 g/mol. The standard InChI is InChI=1S/C21H24ClN3O3/c1-15(21(26)23-13-16-6-7-19-20(12-16)28-14-27-19)24-8-10-25(11-9-24)18-5-3-2-4-17(18)22/h2-7,12,15H,8-11,13-14H2,1H3,(H,23,26). The topological polar surface area (TPSA) is 54.0 Å². The SMILES string of the molecule is CC(C(=O)NCc1ccc2c(c1)OCO2)N1CCN(c2ccccc2Cl)CC1. The van der Waals surface area contributed by atoms with Gasteiger partial charge < -0.3 is 19.7 Å². The van der Waals surface area contributed by atoms with E-state index in [1.165, 1.54) is 0 Å². The molecule has 1 unspecified atom stereocenters. The molecule has 0 saturated carbocycles. The van der Waals surface area contributed by atoms with Crippen LogP contribution in [-0.4, -0.2) is 49.8 Å². The van der Waals surface area contributed by atoms with Gasteiger partial charge in [0.25, 0.3) is 0 Å². The third-order valence-corrected chi connectivity index (χ3v) is 5.66. The average Bonchev–Trinajstić information content (AvgIpc) is 3.20. The molecule has 0 bridgehead atoms. The van der Waals surface area contributed by atoms with E-state index in [0.29, 0.717) is 6.54 Å². The Balaban J connectivity index is 1.28. The van der Waals surface area contributed by atoms with Gasteiger partial charge in [-0.25, -0.2) is 0 Å². The van der Waals surface area contributed by atoms with Crippen LogP contribution in [0.1, 0.15) is 12.5 Å². The molecule has 2 aliphatic rings. The fraction of sp³-hybridized carbons (Fsp3) is 0.381. The summed E-state index contributed by atoms with van der Waals surface area (Å²) in [4.78, 5) is 17.1. The van der Waals surface area contributed by atoms with Crippen molar-refractivity contribution in [3.63, 3.8) is 0 Å². The van der Waals surface area contributed by atoms with Crippen molar-refractivity contribution in [2.24, 2.45) is 0 Å². The van der Waals surface area contributed by atoms with Gasteiger partial charge in [-0.05, 0) is 36.8 Å². The lowest BCUT2D eigenvalue weighted by molar-refractivity contribution is -0.126. The highest BCUT2D eigenvalue weighted by molar-refractivity contribution is 6.33. The second-order valence-corrected chi connectivity index (χ2v) is 7.46. The first-order valence-corrected chi connectivity index (χ1v) is 9.89. The minimum atomic E-state index is -0.178. The molecule has 0 spiro atoms. The van der Waals surface area contributed by atoms with Crippen LogP contribution in [0.4, 0.5) is 5.69 Å². The van der Waals surface area contributed by atoms with E-state index in [1.54, 1.807) is 0 Å². The van der Waals surface area contributed by atoms with Crippen molar-refractivity contribution in [1.29, 1.82) is 0 Å². The number of anilines is 1. The summed E-state index contributed by atoms with van der Waals surface area (Å²) in [5.41, 5.74) is 2.05. The van der Waals surface area contributed by atoms with E-state index in [9.17, 15) is 4.79 Å². The van der Waals surface area contributed by atoms with Gasteiger partial charge in [-0.3, -0.25) is 9.69 Å². The molecule has 0 aliphatic carbocycles. The zero-order chi connectivity index (χ0) is 19.5. The Kier molecular flexibility index (Phi) is 5.59. The zero-order valence-electron chi connectivity index (χ0n) is 15.9. The van der Waals surface area contributed by atoms with Gasteiger partial charge in [0, 0.05) is 32.7 Å². The molecule has 2 aromatic rings. The first-order chi connectivity index (χ1) is 13.6. The number of amides is 1. The van der Waals surface area contributed by atoms with Crippen molar-refractivity contribution in [2.45, 2.75) is 19.5 Å². The lowest BCUT2D eigenvalue weighted by Gasteiger charge is -2.38. The maximum atomic E-state index is 12.6. The number of hydrogen-bond acceptors (Lipinski definition) is 5. The molecule has 6 nitrogen and oxygen atoms in total. The van der Waals surface area contributed by atoms with E-state index < -0.39 is 0 Å². The summed E-state index contributed by atoms with van der Waals surface area (Å²) in [7, 11) is 0. The molecule has 7 heteroatoms. The Morgan fingerprint density at radius 2 is 1.86 bits per heavy atom. The van der Waals surface area contributed by atoms with Crippen LogP contribution in [0.25, 0.3) is 0 Å². The van der Waals surface area contributed by atoms with Crippen LogP contribution in [0.3, 0.4) is 0 Å². The van der Waals surface area contributed by atoms with E-state index in [0.717, 1.165) is 54.0 Å². The van der Waals surface area contributed by atoms with Crippen molar-refractivity contribution >= 4 is 23.2 Å². The van der Waals surface area contributed by atoms with Crippen LogP contribution in [0.15, 0.2) is 42.5 Å². The molecule has 1 atom stereocenters. The van der Waals surface area contributed by atoms with Crippen LogP contribution in [0.5, 0.6) is 11.5 Å². The van der Waals surface area contributed by atoms with E-state index in [2.05, 4.69) is 15.1 Å². The van der Waals surface area contributed by atoms with E-state index in [4.69, 9.17) is 21.1 Å². The van der Waals surface area contributed by atoms with Gasteiger partial charge in [0.05, 0.1) is 16.8 Å². The predicted molar refractivity (Wildman–Crippen MR) is 109 cm³/mol. The number of fused-ring (bicyclic) bond motifs is 1. The van der Waals surface area contributed by atoms with Crippen LogP contribution < -0.4 is 19.7 Å². The number of rotatable bonds is 5. The Morgan fingerprint density at radius 3 is 2.64 bits per heavy atom. The highest BCUT2D eigenvalue weighted by atomic mass is 35.5. The highest BCUT2D eigenvalue weighted by Crippen LogP contribution is 2.32. The highest BCUT2D eigenvalue weighted by Gasteiger charge is 2.26. The molecule has 2 heterocycles. The van der Waals surface area contributed by atoms with Crippen molar-refractivity contribution < 1.29 is 14.3 Å². The van der Waals surface area contributed by atoms with E-state index in [-0.39, 0.29) is 18.7 Å². The lowest BCUT2D eigenvalue weighted by Crippen LogP contribution is -2.53. The van der Waals surface area contributed by atoms with E-state index in [1.807, 2.05) is 49.4 Å². The van der Waals surface area contributed by atoms with E-state index >= 15 is 0 Å². The number of benzene rings is 2. The Hall–Kier alpha value is -2.44. The molecule has 2 aliphatic heterocycles. The molecule has 1 amide bonds. The summed E-state index contributed by atoms with van der Waals surface area (Å²) in [6.45, 7) is 6.03. The number of carbonyl (C=O) groups excluding carboxylic acids is 1. The van der Waals surface area contributed by atoms with Gasteiger partial charge in [-0.15, -0.1) is 0 Å². The number of nitrogens with zero attached hydrogens (tertiary/aromatic N) is 2. The maximum absolute atomic E-state index is 12.6. The smallest absolute Gasteiger partial charge is 0.237 e. The average molecular weight is 402 g/mol. The Labute approximate surface area is 170 Å². The molecule has 0 aromatic heterocycles. The van der Waals surface area contributed by atoms with Crippen LogP contribution >= 0.6 is 11.6 Å². The number of nitrogens with one attached hydrogen (secondary N) is 1. The molecule has 4 rings (SSSR count).